The average molecular weight is 624 g/mol. The molecule has 8 bridgehead atoms. The zero-order valence-electron chi connectivity index (χ0n) is 18.5. The Bertz CT molecular complexity index is 1110. The molecule has 2 aliphatic heterocycles. The number of aromatic nitrogens is 4. The van der Waals surface area contributed by atoms with Crippen molar-refractivity contribution in [1.29, 1.82) is 0 Å². The van der Waals surface area contributed by atoms with Crippen LogP contribution in [-0.4, -0.2) is 34.6 Å². The molecule has 5 rings (SSSR count). The maximum absolute atomic E-state index is 8.42. The molecule has 15 heteroatoms. The first-order chi connectivity index (χ1) is 15.3. The minimum atomic E-state index is -2.92. The largest absolute Gasteiger partial charge is 2.00 e. The van der Waals surface area contributed by atoms with Crippen LogP contribution < -0.4 is 30.1 Å². The van der Waals surface area contributed by atoms with Crippen molar-refractivity contribution >= 4 is 61.0 Å². The Balaban J connectivity index is 0.000000931. The van der Waals surface area contributed by atoms with E-state index >= 15 is 0 Å². The van der Waals surface area contributed by atoms with E-state index in [2.05, 4.69) is 44.2 Å². The quantitative estimate of drug-likeness (QED) is 0.168. The van der Waals surface area contributed by atoms with Crippen molar-refractivity contribution in [1.82, 2.24) is 19.9 Å². The van der Waals surface area contributed by atoms with Gasteiger partial charge in [0.2, 0.25) is 0 Å². The van der Waals surface area contributed by atoms with Gasteiger partial charge in [-0.25, -0.2) is 9.97 Å². The van der Waals surface area contributed by atoms with E-state index in [4.69, 9.17) is 30.1 Å². The number of aromatic amines is 2. The van der Waals surface area contributed by atoms with E-state index in [9.17, 15) is 0 Å². The molecule has 35 heavy (non-hydrogen) atoms. The number of rotatable bonds is 0. The fourth-order valence-electron chi connectivity index (χ4n) is 2.94. The topological polar surface area (TPSA) is 196 Å². The van der Waals surface area contributed by atoms with Crippen LogP contribution in [0, 0.1) is 0 Å². The van der Waals surface area contributed by atoms with E-state index < -0.39 is 14.6 Å². The van der Waals surface area contributed by atoms with Crippen molar-refractivity contribution in [3.63, 3.8) is 0 Å². The fourth-order valence-corrected chi connectivity index (χ4v) is 2.94. The van der Waals surface area contributed by atoms with Gasteiger partial charge in [0.15, 0.2) is 0 Å². The third-order valence-electron chi connectivity index (χ3n) is 4.04. The van der Waals surface area contributed by atoms with Crippen molar-refractivity contribution < 1.29 is 88.6 Å². The van der Waals surface area contributed by atoms with E-state index in [1.54, 1.807) is 0 Å². The summed E-state index contributed by atoms with van der Waals surface area (Å²) >= 11 is 0. The molecule has 2 aliphatic rings. The summed E-state index contributed by atoms with van der Waals surface area (Å²) < 4.78 is 0. The molecule has 0 aliphatic carbocycles. The minimum absolute atomic E-state index is 0. The second kappa shape index (κ2) is 16.2. The van der Waals surface area contributed by atoms with E-state index in [0.29, 0.717) is 0 Å². The summed E-state index contributed by atoms with van der Waals surface area (Å²) in [5, 5.41) is 50.5. The summed E-state index contributed by atoms with van der Waals surface area (Å²) in [5.74, 6) is 0. The van der Waals surface area contributed by atoms with Crippen molar-refractivity contribution in [3.05, 3.63) is 71.3 Å². The van der Waals surface area contributed by atoms with Crippen LogP contribution >= 0.6 is 0 Å². The molecule has 162 valence electrons. The predicted octanol–water partition coefficient (Wildman–Crippen LogP) is -3.25. The van der Waals surface area contributed by atoms with Crippen LogP contribution in [0.2, 0.25) is 0 Å². The SMILES string of the molecule is C1=Cc2cc3ccc(cc4nc(cc5ccc(cc1n2)[nH]5)C=C4)[nH]3.[O-]B([O-])[O-].[O-]B([O-])[O-].[Zn+2].[Zn+2].[Zn+2]. The zero-order valence-corrected chi connectivity index (χ0v) is 27.4. The Hall–Kier alpha value is -1.64. The van der Waals surface area contributed by atoms with Crippen LogP contribution in [0.1, 0.15) is 22.8 Å². The maximum atomic E-state index is 8.42. The Morgan fingerprint density at radius 1 is 0.457 bits per heavy atom. The van der Waals surface area contributed by atoms with Crippen molar-refractivity contribution in [3.8, 4) is 0 Å². The standard InChI is InChI=1S/C20H14N4.2BO3.3Zn/c1-2-14-10-16-5-6-18(23-16)12-20-8-7-19(24-20)11-17-4-3-15(22-17)9-13(1)21-14;2*2-1(3)4;;;/h1-12,21,24H;;;;;/q;2*-3;3*+2. The molecule has 0 unspecified atom stereocenters. The van der Waals surface area contributed by atoms with Crippen molar-refractivity contribution in [2.24, 2.45) is 0 Å². The smallest absolute Gasteiger partial charge is 0.907 e. The molecule has 0 atom stereocenters. The monoisotopic (exact) mass is 620 g/mol. The van der Waals surface area contributed by atoms with Crippen LogP contribution in [0.25, 0.3) is 46.4 Å². The molecule has 0 saturated heterocycles. The van der Waals surface area contributed by atoms with E-state index in [-0.39, 0.29) is 58.4 Å². The van der Waals surface area contributed by atoms with Gasteiger partial charge in [0, 0.05) is 22.1 Å². The molecule has 0 saturated carbocycles. The number of nitrogens with zero attached hydrogens (tertiary/aromatic N) is 2. The molecule has 0 spiro atoms. The van der Waals surface area contributed by atoms with Crippen LogP contribution in [0.5, 0.6) is 0 Å². The summed E-state index contributed by atoms with van der Waals surface area (Å²) in [4.78, 5) is 16.0. The summed E-state index contributed by atoms with van der Waals surface area (Å²) in [7, 11) is -5.83. The second-order valence-electron chi connectivity index (χ2n) is 6.48. The van der Waals surface area contributed by atoms with E-state index in [1.165, 1.54) is 0 Å². The van der Waals surface area contributed by atoms with Gasteiger partial charge < -0.3 is 40.1 Å². The Morgan fingerprint density at radius 2 is 0.657 bits per heavy atom. The molecule has 0 radical (unpaired) electrons. The predicted molar refractivity (Wildman–Crippen MR) is 110 cm³/mol. The molecule has 0 aromatic carbocycles. The maximum Gasteiger partial charge on any atom is 2.00 e. The summed E-state index contributed by atoms with van der Waals surface area (Å²) in [6, 6.07) is 16.4. The first kappa shape index (κ1) is 33.4. The average Bonchev–Trinajstić information content (AvgIpc) is 3.46. The first-order valence-corrected chi connectivity index (χ1v) is 9.26. The number of nitrogens with one attached hydrogen (secondary N) is 2. The van der Waals surface area contributed by atoms with Gasteiger partial charge in [-0.05, 0) is 72.8 Å². The normalized spacial score (nSPS) is 10.2. The molecule has 3 aromatic heterocycles. The molecule has 0 fully saturated rings. The summed E-state index contributed by atoms with van der Waals surface area (Å²) in [5.41, 5.74) is 7.86. The Morgan fingerprint density at radius 3 is 0.857 bits per heavy atom. The minimum Gasteiger partial charge on any atom is -0.907 e. The molecule has 0 amide bonds. The first-order valence-electron chi connectivity index (χ1n) is 9.26. The fraction of sp³-hybridized carbons (Fsp3) is 0. The molecular weight excluding hydrogens is 610 g/mol. The number of hydrogen-bond acceptors (Lipinski definition) is 8. The van der Waals surface area contributed by atoms with Gasteiger partial charge >= 0.3 is 58.4 Å². The third-order valence-corrected chi connectivity index (χ3v) is 4.04. The summed E-state index contributed by atoms with van der Waals surface area (Å²) in [6.07, 6.45) is 8.09. The van der Waals surface area contributed by atoms with E-state index in [1.807, 2.05) is 48.6 Å². The molecule has 2 N–H and O–H groups in total. The van der Waals surface area contributed by atoms with Gasteiger partial charge in [0.1, 0.15) is 0 Å². The number of fused-ring (bicyclic) bond motifs is 8. The van der Waals surface area contributed by atoms with Gasteiger partial charge in [0.25, 0.3) is 0 Å². The van der Waals surface area contributed by atoms with Gasteiger partial charge in [0.05, 0.1) is 22.8 Å². The number of H-pyrrole nitrogens is 2. The van der Waals surface area contributed by atoms with Crippen LogP contribution in [0.15, 0.2) is 48.5 Å². The van der Waals surface area contributed by atoms with Gasteiger partial charge in [-0.3, -0.25) is 14.6 Å². The molecule has 3 aromatic rings. The third kappa shape index (κ3) is 11.8. The van der Waals surface area contributed by atoms with Crippen molar-refractivity contribution in [2.75, 3.05) is 0 Å². The number of hydrogen-bond donors (Lipinski definition) is 2. The van der Waals surface area contributed by atoms with E-state index in [0.717, 1.165) is 44.8 Å². The van der Waals surface area contributed by atoms with Gasteiger partial charge in [-0.2, -0.15) is 0 Å². The van der Waals surface area contributed by atoms with Crippen LogP contribution in [0.4, 0.5) is 0 Å². The summed E-state index contributed by atoms with van der Waals surface area (Å²) in [6.45, 7) is 0. The second-order valence-corrected chi connectivity index (χ2v) is 6.48. The van der Waals surface area contributed by atoms with Crippen LogP contribution in [0.3, 0.4) is 0 Å². The van der Waals surface area contributed by atoms with Gasteiger partial charge in [-0.15, -0.1) is 0 Å². The zero-order chi connectivity index (χ0) is 23.1. The van der Waals surface area contributed by atoms with Gasteiger partial charge in [-0.1, -0.05) is 0 Å². The molecule has 10 nitrogen and oxygen atoms in total. The Kier molecular flexibility index (Phi) is 15.4. The molecular formula is C20H14B2N4O6Zn3. The molecule has 5 heterocycles. The van der Waals surface area contributed by atoms with Crippen LogP contribution in [-0.2, 0) is 58.4 Å². The Labute approximate surface area is 239 Å². The van der Waals surface area contributed by atoms with Crippen molar-refractivity contribution in [2.45, 2.75) is 0 Å².